The van der Waals surface area contributed by atoms with Crippen LogP contribution in [0.5, 0.6) is 0 Å². The Bertz CT molecular complexity index is 1110. The second-order valence-electron chi connectivity index (χ2n) is 8.60. The molecule has 4 rings (SSSR count). The van der Waals surface area contributed by atoms with Crippen LogP contribution in [-0.4, -0.2) is 46.0 Å². The highest BCUT2D eigenvalue weighted by atomic mass is 16.2. The minimum Gasteiger partial charge on any atom is -0.366 e. The Balaban J connectivity index is 1.60. The van der Waals surface area contributed by atoms with Crippen molar-refractivity contribution in [3.63, 3.8) is 0 Å². The second-order valence-corrected chi connectivity index (χ2v) is 8.60. The minimum atomic E-state index is -0.449. The lowest BCUT2D eigenvalue weighted by Crippen LogP contribution is -2.50. The summed E-state index contributed by atoms with van der Waals surface area (Å²) in [4.78, 5) is 25.2. The number of primary amides is 1. The van der Waals surface area contributed by atoms with Crippen LogP contribution in [0.4, 0.5) is 0 Å². The number of benzene rings is 2. The van der Waals surface area contributed by atoms with Crippen LogP contribution in [0.2, 0.25) is 0 Å². The standard InChI is InChI=1S/C26H32N4O2/c1-3-30(28(2)21-9-5-4-6-10-21)25(31)18-29-16-15-19-13-14-20(17-24(19)29)22-11-7-8-12-23(22)26(27)32/h7-8,11-17,21H,3-6,9-10,18H2,1-2H3,(H2,27,32). The van der Waals surface area contributed by atoms with E-state index in [-0.39, 0.29) is 12.5 Å². The number of nitrogens with zero attached hydrogens (tertiary/aromatic N) is 3. The van der Waals surface area contributed by atoms with Crippen LogP contribution in [0.1, 0.15) is 49.4 Å². The molecule has 6 nitrogen and oxygen atoms in total. The van der Waals surface area contributed by atoms with Gasteiger partial charge in [-0.05, 0) is 54.5 Å². The van der Waals surface area contributed by atoms with Gasteiger partial charge < -0.3 is 10.3 Å². The van der Waals surface area contributed by atoms with E-state index < -0.39 is 5.91 Å². The zero-order valence-corrected chi connectivity index (χ0v) is 19.0. The SMILES string of the molecule is CCN(C(=O)Cn1ccc2ccc(-c3ccccc3C(N)=O)cc21)N(C)C1CCCCC1. The molecular weight excluding hydrogens is 400 g/mol. The third kappa shape index (κ3) is 4.41. The number of carbonyl (C=O) groups excluding carboxylic acids is 2. The number of fused-ring (bicyclic) bond motifs is 1. The molecule has 3 aromatic rings. The largest absolute Gasteiger partial charge is 0.366 e. The van der Waals surface area contributed by atoms with Gasteiger partial charge in [-0.2, -0.15) is 0 Å². The zero-order chi connectivity index (χ0) is 22.7. The van der Waals surface area contributed by atoms with Crippen molar-refractivity contribution in [2.45, 2.75) is 51.6 Å². The van der Waals surface area contributed by atoms with Gasteiger partial charge in [-0.3, -0.25) is 14.6 Å². The number of nitrogens with two attached hydrogens (primary N) is 1. The highest BCUT2D eigenvalue weighted by Gasteiger charge is 2.25. The van der Waals surface area contributed by atoms with Crippen LogP contribution >= 0.6 is 0 Å². The lowest BCUT2D eigenvalue weighted by atomic mass is 9.95. The highest BCUT2D eigenvalue weighted by molar-refractivity contribution is 6.00. The first kappa shape index (κ1) is 22.1. The van der Waals surface area contributed by atoms with Gasteiger partial charge >= 0.3 is 0 Å². The molecule has 2 amide bonds. The summed E-state index contributed by atoms with van der Waals surface area (Å²) in [5.74, 6) is -0.364. The Hall–Kier alpha value is -3.12. The number of hydrazine groups is 1. The first-order valence-electron chi connectivity index (χ1n) is 11.5. The molecule has 168 valence electrons. The summed E-state index contributed by atoms with van der Waals surface area (Å²) >= 11 is 0. The Labute approximate surface area is 189 Å². The van der Waals surface area contributed by atoms with Crippen LogP contribution in [0, 0.1) is 0 Å². The summed E-state index contributed by atoms with van der Waals surface area (Å²) in [6, 6.07) is 15.9. The Kier molecular flexibility index (Phi) is 6.61. The molecular formula is C26H32N4O2. The van der Waals surface area contributed by atoms with Crippen LogP contribution in [-0.2, 0) is 11.3 Å². The molecule has 32 heavy (non-hydrogen) atoms. The van der Waals surface area contributed by atoms with Crippen LogP contribution in [0.3, 0.4) is 0 Å². The number of aromatic nitrogens is 1. The number of carbonyl (C=O) groups is 2. The van der Waals surface area contributed by atoms with E-state index >= 15 is 0 Å². The number of likely N-dealkylation sites (N-methyl/N-ethyl adjacent to an activating group) is 1. The molecule has 1 aliphatic rings. The molecule has 0 aliphatic heterocycles. The van der Waals surface area contributed by atoms with E-state index in [1.165, 1.54) is 19.3 Å². The normalized spacial score (nSPS) is 14.7. The molecule has 0 radical (unpaired) electrons. The van der Waals surface area contributed by atoms with Gasteiger partial charge in [-0.25, -0.2) is 5.01 Å². The van der Waals surface area contributed by atoms with Crippen LogP contribution in [0.25, 0.3) is 22.0 Å². The van der Waals surface area contributed by atoms with E-state index in [4.69, 9.17) is 5.73 Å². The third-order valence-corrected chi connectivity index (χ3v) is 6.65. The Morgan fingerprint density at radius 2 is 1.81 bits per heavy atom. The summed E-state index contributed by atoms with van der Waals surface area (Å²) in [7, 11) is 2.05. The molecule has 0 saturated heterocycles. The number of hydrogen-bond acceptors (Lipinski definition) is 3. The van der Waals surface area contributed by atoms with Crippen molar-refractivity contribution in [2.24, 2.45) is 5.73 Å². The minimum absolute atomic E-state index is 0.0843. The molecule has 1 fully saturated rings. The lowest BCUT2D eigenvalue weighted by Gasteiger charge is -2.39. The van der Waals surface area contributed by atoms with Crippen molar-refractivity contribution in [1.82, 2.24) is 14.6 Å². The van der Waals surface area contributed by atoms with Crippen molar-refractivity contribution in [1.29, 1.82) is 0 Å². The maximum atomic E-state index is 13.3. The van der Waals surface area contributed by atoms with Crippen molar-refractivity contribution < 1.29 is 9.59 Å². The van der Waals surface area contributed by atoms with Gasteiger partial charge in [0.05, 0.1) is 0 Å². The summed E-state index contributed by atoms with van der Waals surface area (Å²) in [5, 5.41) is 5.09. The first-order valence-corrected chi connectivity index (χ1v) is 11.5. The molecule has 6 heteroatoms. The molecule has 1 aliphatic carbocycles. The van der Waals surface area contributed by atoms with E-state index in [1.807, 2.05) is 72.2 Å². The fourth-order valence-corrected chi connectivity index (χ4v) is 4.89. The summed E-state index contributed by atoms with van der Waals surface area (Å²) in [5.41, 5.74) is 8.74. The molecule has 0 atom stereocenters. The van der Waals surface area contributed by atoms with Crippen LogP contribution < -0.4 is 5.73 Å². The van der Waals surface area contributed by atoms with Crippen molar-refractivity contribution >= 4 is 22.7 Å². The van der Waals surface area contributed by atoms with Gasteiger partial charge in [0.1, 0.15) is 6.54 Å². The fraction of sp³-hybridized carbons (Fsp3) is 0.385. The highest BCUT2D eigenvalue weighted by Crippen LogP contribution is 2.28. The lowest BCUT2D eigenvalue weighted by molar-refractivity contribution is -0.152. The van der Waals surface area contributed by atoms with Crippen LogP contribution in [0.15, 0.2) is 54.7 Å². The van der Waals surface area contributed by atoms with Crippen molar-refractivity contribution in [2.75, 3.05) is 13.6 Å². The molecule has 2 N–H and O–H groups in total. The topological polar surface area (TPSA) is 71.6 Å². The van der Waals surface area contributed by atoms with E-state index in [2.05, 4.69) is 5.01 Å². The predicted octanol–water partition coefficient (Wildman–Crippen LogP) is 4.44. The summed E-state index contributed by atoms with van der Waals surface area (Å²) in [6.45, 7) is 2.96. The average Bonchev–Trinajstić information content (AvgIpc) is 3.21. The van der Waals surface area contributed by atoms with Crippen molar-refractivity contribution in [3.8, 4) is 11.1 Å². The van der Waals surface area contributed by atoms with E-state index in [0.717, 1.165) is 34.9 Å². The molecule has 0 spiro atoms. The second kappa shape index (κ2) is 9.57. The van der Waals surface area contributed by atoms with Gasteiger partial charge in [0.25, 0.3) is 5.91 Å². The van der Waals surface area contributed by atoms with Gasteiger partial charge in [0.2, 0.25) is 5.91 Å². The van der Waals surface area contributed by atoms with Crippen molar-refractivity contribution in [3.05, 3.63) is 60.3 Å². The van der Waals surface area contributed by atoms with E-state index in [0.29, 0.717) is 18.2 Å². The fourth-order valence-electron chi connectivity index (χ4n) is 4.89. The molecule has 0 unspecified atom stereocenters. The Morgan fingerprint density at radius 3 is 2.53 bits per heavy atom. The zero-order valence-electron chi connectivity index (χ0n) is 19.0. The molecule has 1 saturated carbocycles. The smallest absolute Gasteiger partial charge is 0.256 e. The summed E-state index contributed by atoms with van der Waals surface area (Å²) in [6.07, 6.45) is 8.02. The average molecular weight is 433 g/mol. The summed E-state index contributed by atoms with van der Waals surface area (Å²) < 4.78 is 1.99. The maximum Gasteiger partial charge on any atom is 0.256 e. The van der Waals surface area contributed by atoms with Gasteiger partial charge in [0, 0.05) is 36.9 Å². The third-order valence-electron chi connectivity index (χ3n) is 6.65. The molecule has 1 heterocycles. The van der Waals surface area contributed by atoms with E-state index in [9.17, 15) is 9.59 Å². The monoisotopic (exact) mass is 432 g/mol. The molecule has 1 aromatic heterocycles. The number of hydrogen-bond donors (Lipinski definition) is 1. The van der Waals surface area contributed by atoms with Gasteiger partial charge in [0.15, 0.2) is 0 Å². The number of amides is 2. The number of rotatable bonds is 7. The first-order chi connectivity index (χ1) is 15.5. The van der Waals surface area contributed by atoms with Gasteiger partial charge in [-0.15, -0.1) is 0 Å². The van der Waals surface area contributed by atoms with E-state index in [1.54, 1.807) is 6.07 Å². The molecule has 0 bridgehead atoms. The maximum absolute atomic E-state index is 13.3. The quantitative estimate of drug-likeness (QED) is 0.561. The molecule has 2 aromatic carbocycles. The Morgan fingerprint density at radius 1 is 1.06 bits per heavy atom. The predicted molar refractivity (Wildman–Crippen MR) is 128 cm³/mol. The van der Waals surface area contributed by atoms with Gasteiger partial charge in [-0.1, -0.05) is 49.6 Å².